The average molecular weight is 346 g/mol. The second-order valence-electron chi connectivity index (χ2n) is 6.60. The van der Waals surface area contributed by atoms with Gasteiger partial charge in [-0.3, -0.25) is 0 Å². The van der Waals surface area contributed by atoms with Crippen molar-refractivity contribution < 1.29 is 25.5 Å². The zero-order valence-corrected chi connectivity index (χ0v) is 14.5. The van der Waals surface area contributed by atoms with Gasteiger partial charge in [0.2, 0.25) is 0 Å². The molecule has 2 aromatic rings. The Kier molecular flexibility index (Phi) is 6.32. The number of aryl methyl sites for hydroxylation is 2. The van der Waals surface area contributed by atoms with Crippen LogP contribution in [0.15, 0.2) is 48.5 Å². The van der Waals surface area contributed by atoms with Crippen molar-refractivity contribution in [3.05, 3.63) is 70.8 Å². The lowest BCUT2D eigenvalue weighted by Gasteiger charge is -2.34. The topological polar surface area (TPSA) is 101 Å². The van der Waals surface area contributed by atoms with Crippen molar-refractivity contribution in [3.8, 4) is 0 Å². The van der Waals surface area contributed by atoms with Crippen molar-refractivity contribution in [1.29, 1.82) is 0 Å². The Morgan fingerprint density at radius 3 is 1.52 bits per heavy atom. The van der Waals surface area contributed by atoms with Gasteiger partial charge in [0.15, 0.2) is 0 Å². The number of aliphatic hydroxyl groups excluding tert-OH is 4. The predicted octanol–water partition coefficient (Wildman–Crippen LogP) is 1.00. The van der Waals surface area contributed by atoms with E-state index >= 15 is 0 Å². The van der Waals surface area contributed by atoms with Gasteiger partial charge in [0.05, 0.1) is 12.7 Å². The molecule has 0 aliphatic rings. The van der Waals surface area contributed by atoms with Crippen molar-refractivity contribution in [2.45, 2.75) is 44.2 Å². The van der Waals surface area contributed by atoms with Crippen molar-refractivity contribution in [3.63, 3.8) is 0 Å². The fraction of sp³-hybridized carbons (Fsp3) is 0.400. The minimum atomic E-state index is -1.56. The summed E-state index contributed by atoms with van der Waals surface area (Å²) in [6.07, 6.45) is -4.69. The van der Waals surface area contributed by atoms with Gasteiger partial charge in [-0.05, 0) is 25.0 Å². The van der Waals surface area contributed by atoms with E-state index in [-0.39, 0.29) is 6.42 Å². The van der Waals surface area contributed by atoms with Crippen molar-refractivity contribution in [2.75, 3.05) is 6.61 Å². The smallest absolute Gasteiger partial charge is 0.117 e. The zero-order valence-electron chi connectivity index (χ0n) is 14.5. The van der Waals surface area contributed by atoms with E-state index in [0.29, 0.717) is 11.1 Å². The van der Waals surface area contributed by atoms with Gasteiger partial charge >= 0.3 is 0 Å². The highest BCUT2D eigenvalue weighted by Gasteiger charge is 2.37. The summed E-state index contributed by atoms with van der Waals surface area (Å²) in [6.45, 7) is 3.20. The highest BCUT2D eigenvalue weighted by atomic mass is 16.4. The standard InChI is InChI=1S/C20H26O5/c1-13-3-7-15(8-4-13)20(25,16-9-5-14(2)6-10-16)11-17(22)19(24)18(23)12-21/h3-10,17-19,21-25H,11-12H2,1-2H3/t17-,18-,19+/m1/s1. The van der Waals surface area contributed by atoms with E-state index in [4.69, 9.17) is 5.11 Å². The van der Waals surface area contributed by atoms with Crippen LogP contribution < -0.4 is 0 Å². The monoisotopic (exact) mass is 346 g/mol. The predicted molar refractivity (Wildman–Crippen MR) is 95.1 cm³/mol. The second kappa shape index (κ2) is 8.08. The first kappa shape index (κ1) is 19.6. The molecule has 136 valence electrons. The molecule has 0 saturated heterocycles. The van der Waals surface area contributed by atoms with Gasteiger partial charge < -0.3 is 25.5 Å². The van der Waals surface area contributed by atoms with E-state index in [1.807, 2.05) is 38.1 Å². The molecule has 0 bridgehead atoms. The van der Waals surface area contributed by atoms with Gasteiger partial charge in [0, 0.05) is 6.42 Å². The summed E-state index contributed by atoms with van der Waals surface area (Å²) in [6, 6.07) is 14.5. The van der Waals surface area contributed by atoms with Crippen molar-refractivity contribution in [2.24, 2.45) is 0 Å². The summed E-state index contributed by atoms with van der Waals surface area (Å²) in [5.41, 5.74) is 1.67. The molecule has 2 rings (SSSR count). The molecule has 0 saturated carbocycles. The number of hydrogen-bond donors (Lipinski definition) is 5. The Morgan fingerprint density at radius 2 is 1.16 bits per heavy atom. The van der Waals surface area contributed by atoms with E-state index in [9.17, 15) is 20.4 Å². The maximum absolute atomic E-state index is 11.4. The minimum absolute atomic E-state index is 0.225. The first-order chi connectivity index (χ1) is 11.8. The Balaban J connectivity index is 2.41. The highest BCUT2D eigenvalue weighted by Crippen LogP contribution is 2.35. The number of rotatable bonds is 7. The van der Waals surface area contributed by atoms with Crippen LogP contribution >= 0.6 is 0 Å². The minimum Gasteiger partial charge on any atom is -0.394 e. The van der Waals surface area contributed by atoms with Crippen LogP contribution in [-0.2, 0) is 5.60 Å². The molecule has 3 atom stereocenters. The van der Waals surface area contributed by atoms with E-state index in [1.165, 1.54) is 0 Å². The molecule has 0 heterocycles. The van der Waals surface area contributed by atoms with Crippen LogP contribution in [-0.4, -0.2) is 50.5 Å². The summed E-state index contributed by atoms with van der Waals surface area (Å²) in [7, 11) is 0. The molecule has 25 heavy (non-hydrogen) atoms. The Labute approximate surface area is 147 Å². The molecule has 0 spiro atoms. The van der Waals surface area contributed by atoms with E-state index in [2.05, 4.69) is 0 Å². The van der Waals surface area contributed by atoms with Gasteiger partial charge in [-0.25, -0.2) is 0 Å². The molecule has 0 unspecified atom stereocenters. The van der Waals surface area contributed by atoms with Gasteiger partial charge in [0.1, 0.15) is 17.8 Å². The normalized spacial score (nSPS) is 15.6. The molecular weight excluding hydrogens is 320 g/mol. The third kappa shape index (κ3) is 4.45. The molecule has 5 nitrogen and oxygen atoms in total. The van der Waals surface area contributed by atoms with Gasteiger partial charge in [-0.2, -0.15) is 0 Å². The van der Waals surface area contributed by atoms with Crippen molar-refractivity contribution >= 4 is 0 Å². The lowest BCUT2D eigenvalue weighted by atomic mass is 9.80. The molecule has 0 aliphatic heterocycles. The van der Waals surface area contributed by atoms with Crippen LogP contribution in [0.25, 0.3) is 0 Å². The Morgan fingerprint density at radius 1 is 0.760 bits per heavy atom. The second-order valence-corrected chi connectivity index (χ2v) is 6.60. The van der Waals surface area contributed by atoms with Crippen molar-refractivity contribution in [1.82, 2.24) is 0 Å². The molecule has 0 radical (unpaired) electrons. The molecule has 5 heteroatoms. The zero-order chi connectivity index (χ0) is 18.6. The number of benzene rings is 2. The van der Waals surface area contributed by atoms with E-state index < -0.39 is 30.5 Å². The lowest BCUT2D eigenvalue weighted by molar-refractivity contribution is -0.0985. The van der Waals surface area contributed by atoms with Crippen LogP contribution in [0.4, 0.5) is 0 Å². The fourth-order valence-electron chi connectivity index (χ4n) is 2.85. The quantitative estimate of drug-likeness (QED) is 0.515. The highest BCUT2D eigenvalue weighted by molar-refractivity contribution is 5.38. The number of hydrogen-bond acceptors (Lipinski definition) is 5. The Hall–Kier alpha value is -1.76. The average Bonchev–Trinajstić information content (AvgIpc) is 2.61. The summed E-state index contributed by atoms with van der Waals surface area (Å²) in [4.78, 5) is 0. The first-order valence-electron chi connectivity index (χ1n) is 8.29. The van der Waals surface area contributed by atoms with Gasteiger partial charge in [-0.15, -0.1) is 0 Å². The molecule has 0 aromatic heterocycles. The van der Waals surface area contributed by atoms with Crippen LogP contribution in [0, 0.1) is 13.8 Å². The Bertz CT molecular complexity index is 620. The molecule has 0 aliphatic carbocycles. The first-order valence-corrected chi connectivity index (χ1v) is 8.29. The summed E-state index contributed by atoms with van der Waals surface area (Å²) >= 11 is 0. The third-order valence-corrected chi connectivity index (χ3v) is 4.54. The maximum atomic E-state index is 11.4. The van der Waals surface area contributed by atoms with Gasteiger partial charge in [-0.1, -0.05) is 59.7 Å². The number of aliphatic hydroxyl groups is 5. The van der Waals surface area contributed by atoms with E-state index in [1.54, 1.807) is 24.3 Å². The summed E-state index contributed by atoms with van der Waals surface area (Å²) in [5, 5.41) is 50.2. The molecule has 0 amide bonds. The molecular formula is C20H26O5. The molecule has 2 aromatic carbocycles. The van der Waals surface area contributed by atoms with Crippen LogP contribution in [0.1, 0.15) is 28.7 Å². The van der Waals surface area contributed by atoms with Gasteiger partial charge in [0.25, 0.3) is 0 Å². The molecule has 5 N–H and O–H groups in total. The molecule has 0 fully saturated rings. The van der Waals surface area contributed by atoms with Crippen LogP contribution in [0.5, 0.6) is 0 Å². The van der Waals surface area contributed by atoms with Crippen LogP contribution in [0.3, 0.4) is 0 Å². The summed E-state index contributed by atoms with van der Waals surface area (Å²) < 4.78 is 0. The maximum Gasteiger partial charge on any atom is 0.117 e. The lowest BCUT2D eigenvalue weighted by Crippen LogP contribution is -2.44. The third-order valence-electron chi connectivity index (χ3n) is 4.54. The fourth-order valence-corrected chi connectivity index (χ4v) is 2.85. The van der Waals surface area contributed by atoms with E-state index in [0.717, 1.165) is 11.1 Å². The summed E-state index contributed by atoms with van der Waals surface area (Å²) in [5.74, 6) is 0. The van der Waals surface area contributed by atoms with Crippen LogP contribution in [0.2, 0.25) is 0 Å². The SMILES string of the molecule is Cc1ccc(C(O)(C[C@@H](O)[C@H](O)[C@H](O)CO)c2ccc(C)cc2)cc1. The largest absolute Gasteiger partial charge is 0.394 e.